The maximum Gasteiger partial charge on any atom is 0.336 e. The van der Waals surface area contributed by atoms with E-state index in [4.69, 9.17) is 5.11 Å². The molecule has 1 saturated carbocycles. The Morgan fingerprint density at radius 1 is 1.20 bits per heavy atom. The lowest BCUT2D eigenvalue weighted by Gasteiger charge is -2.31. The molecule has 2 unspecified atom stereocenters. The Morgan fingerprint density at radius 3 is 2.50 bits per heavy atom. The van der Waals surface area contributed by atoms with Gasteiger partial charge in [-0.1, -0.05) is 38.3 Å². The van der Waals surface area contributed by atoms with Crippen LogP contribution in [0.5, 0.6) is 0 Å². The van der Waals surface area contributed by atoms with E-state index in [1.54, 1.807) is 18.2 Å². The van der Waals surface area contributed by atoms with Crippen LogP contribution in [-0.4, -0.2) is 23.0 Å². The zero-order valence-electron chi connectivity index (χ0n) is 11.8. The van der Waals surface area contributed by atoms with Gasteiger partial charge in [-0.3, -0.25) is 4.79 Å². The molecule has 2 rings (SSSR count). The number of carboxylic acid groups (broad SMARTS) is 1. The molecule has 4 heteroatoms. The van der Waals surface area contributed by atoms with Crippen LogP contribution in [0.2, 0.25) is 0 Å². The van der Waals surface area contributed by atoms with Gasteiger partial charge in [0.25, 0.3) is 5.91 Å². The molecule has 0 heterocycles. The fourth-order valence-corrected chi connectivity index (χ4v) is 3.00. The average molecular weight is 275 g/mol. The van der Waals surface area contributed by atoms with Crippen LogP contribution >= 0.6 is 0 Å². The molecular weight excluding hydrogens is 254 g/mol. The van der Waals surface area contributed by atoms with Crippen molar-refractivity contribution in [2.24, 2.45) is 5.92 Å². The Kier molecular flexibility index (Phi) is 4.77. The molecule has 0 bridgehead atoms. The molecule has 0 saturated heterocycles. The zero-order valence-corrected chi connectivity index (χ0v) is 11.8. The second kappa shape index (κ2) is 6.55. The van der Waals surface area contributed by atoms with Crippen molar-refractivity contribution in [3.05, 3.63) is 35.4 Å². The largest absolute Gasteiger partial charge is 0.478 e. The van der Waals surface area contributed by atoms with Crippen LogP contribution in [0, 0.1) is 5.92 Å². The van der Waals surface area contributed by atoms with Crippen LogP contribution < -0.4 is 5.32 Å². The van der Waals surface area contributed by atoms with Gasteiger partial charge in [-0.15, -0.1) is 0 Å². The van der Waals surface area contributed by atoms with E-state index in [9.17, 15) is 9.59 Å². The summed E-state index contributed by atoms with van der Waals surface area (Å²) < 4.78 is 0. The summed E-state index contributed by atoms with van der Waals surface area (Å²) in [6, 6.07) is 6.54. The van der Waals surface area contributed by atoms with Crippen LogP contribution in [0.4, 0.5) is 0 Å². The van der Waals surface area contributed by atoms with E-state index in [1.807, 2.05) is 0 Å². The molecule has 0 spiro atoms. The van der Waals surface area contributed by atoms with Gasteiger partial charge in [0.1, 0.15) is 0 Å². The van der Waals surface area contributed by atoms with Crippen molar-refractivity contribution < 1.29 is 14.7 Å². The number of nitrogens with one attached hydrogen (secondary N) is 1. The van der Waals surface area contributed by atoms with E-state index >= 15 is 0 Å². The summed E-state index contributed by atoms with van der Waals surface area (Å²) in [5, 5.41) is 12.2. The molecule has 1 fully saturated rings. The molecule has 1 aliphatic rings. The van der Waals surface area contributed by atoms with Crippen molar-refractivity contribution in [2.45, 2.75) is 45.1 Å². The zero-order chi connectivity index (χ0) is 14.5. The first-order valence-electron chi connectivity index (χ1n) is 7.26. The Morgan fingerprint density at radius 2 is 1.85 bits per heavy atom. The van der Waals surface area contributed by atoms with Gasteiger partial charge in [0.05, 0.1) is 11.1 Å². The van der Waals surface area contributed by atoms with E-state index in [2.05, 4.69) is 12.2 Å². The van der Waals surface area contributed by atoms with Crippen molar-refractivity contribution in [2.75, 3.05) is 0 Å². The van der Waals surface area contributed by atoms with Crippen molar-refractivity contribution in [3.63, 3.8) is 0 Å². The first-order chi connectivity index (χ1) is 9.63. The van der Waals surface area contributed by atoms with Crippen LogP contribution in [0.15, 0.2) is 24.3 Å². The number of hydrogen-bond donors (Lipinski definition) is 2. The van der Waals surface area contributed by atoms with Crippen LogP contribution in [-0.2, 0) is 0 Å². The quantitative estimate of drug-likeness (QED) is 0.887. The Balaban J connectivity index is 2.13. The average Bonchev–Trinajstić information content (AvgIpc) is 2.47. The summed E-state index contributed by atoms with van der Waals surface area (Å²) in [6.07, 6.45) is 5.52. The number of carboxylic acids is 1. The summed E-state index contributed by atoms with van der Waals surface area (Å²) in [6.45, 7) is 2.14. The van der Waals surface area contributed by atoms with Crippen LogP contribution in [0.1, 0.15) is 59.7 Å². The summed E-state index contributed by atoms with van der Waals surface area (Å²) in [5.74, 6) is -0.829. The van der Waals surface area contributed by atoms with Crippen molar-refractivity contribution in [1.29, 1.82) is 0 Å². The van der Waals surface area contributed by atoms with Gasteiger partial charge < -0.3 is 10.4 Å². The predicted molar refractivity (Wildman–Crippen MR) is 76.9 cm³/mol. The highest BCUT2D eigenvalue weighted by Crippen LogP contribution is 2.27. The summed E-state index contributed by atoms with van der Waals surface area (Å²) >= 11 is 0. The minimum absolute atomic E-state index is 0.0638. The third kappa shape index (κ3) is 3.18. The lowest BCUT2D eigenvalue weighted by molar-refractivity contribution is 0.0689. The standard InChI is InChI=1S/C16H21NO3/c1-2-11-7-3-6-10-14(11)17-15(18)12-8-4-5-9-13(12)16(19)20/h4-5,8-9,11,14H,2-3,6-7,10H2,1H3,(H,17,18)(H,19,20). The fraction of sp³-hybridized carbons (Fsp3) is 0.500. The van der Waals surface area contributed by atoms with E-state index in [1.165, 1.54) is 12.5 Å². The molecule has 2 atom stereocenters. The smallest absolute Gasteiger partial charge is 0.336 e. The van der Waals surface area contributed by atoms with Gasteiger partial charge in [0, 0.05) is 6.04 Å². The number of hydrogen-bond acceptors (Lipinski definition) is 2. The highest BCUT2D eigenvalue weighted by molar-refractivity contribution is 6.04. The van der Waals surface area contributed by atoms with E-state index in [-0.39, 0.29) is 23.1 Å². The minimum atomic E-state index is -1.06. The molecule has 108 valence electrons. The number of benzene rings is 1. The van der Waals surface area contributed by atoms with E-state index in [0.29, 0.717) is 5.92 Å². The molecule has 0 aliphatic heterocycles. The van der Waals surface area contributed by atoms with Gasteiger partial charge in [-0.25, -0.2) is 4.79 Å². The number of carbonyl (C=O) groups is 2. The van der Waals surface area contributed by atoms with Gasteiger partial charge in [0.15, 0.2) is 0 Å². The SMILES string of the molecule is CCC1CCCCC1NC(=O)c1ccccc1C(=O)O. The second-order valence-electron chi connectivity index (χ2n) is 5.38. The van der Waals surface area contributed by atoms with E-state index < -0.39 is 5.97 Å². The second-order valence-corrected chi connectivity index (χ2v) is 5.38. The van der Waals surface area contributed by atoms with Gasteiger partial charge >= 0.3 is 5.97 Å². The molecular formula is C16H21NO3. The third-order valence-corrected chi connectivity index (χ3v) is 4.15. The topological polar surface area (TPSA) is 66.4 Å². The van der Waals surface area contributed by atoms with E-state index in [0.717, 1.165) is 25.7 Å². The molecule has 1 aromatic rings. The Labute approximate surface area is 119 Å². The Hall–Kier alpha value is -1.84. The molecule has 4 nitrogen and oxygen atoms in total. The number of rotatable bonds is 4. The normalized spacial score (nSPS) is 22.2. The fourth-order valence-electron chi connectivity index (χ4n) is 3.00. The molecule has 0 aromatic heterocycles. The molecule has 1 aromatic carbocycles. The minimum Gasteiger partial charge on any atom is -0.478 e. The summed E-state index contributed by atoms with van der Waals surface area (Å²) in [5.41, 5.74) is 0.314. The summed E-state index contributed by atoms with van der Waals surface area (Å²) in [4.78, 5) is 23.5. The molecule has 0 radical (unpaired) electrons. The highest BCUT2D eigenvalue weighted by atomic mass is 16.4. The molecule has 1 aliphatic carbocycles. The Bertz CT molecular complexity index is 498. The van der Waals surface area contributed by atoms with Crippen LogP contribution in [0.3, 0.4) is 0 Å². The maximum absolute atomic E-state index is 12.3. The highest BCUT2D eigenvalue weighted by Gasteiger charge is 2.26. The number of carbonyl (C=O) groups excluding carboxylic acids is 1. The van der Waals surface area contributed by atoms with Crippen molar-refractivity contribution >= 4 is 11.9 Å². The lowest BCUT2D eigenvalue weighted by atomic mass is 9.82. The third-order valence-electron chi connectivity index (χ3n) is 4.15. The number of aromatic carboxylic acids is 1. The lowest BCUT2D eigenvalue weighted by Crippen LogP contribution is -2.42. The van der Waals surface area contributed by atoms with Gasteiger partial charge in [0.2, 0.25) is 0 Å². The monoisotopic (exact) mass is 275 g/mol. The molecule has 2 N–H and O–H groups in total. The number of amides is 1. The molecule has 20 heavy (non-hydrogen) atoms. The van der Waals surface area contributed by atoms with Crippen LogP contribution in [0.25, 0.3) is 0 Å². The first-order valence-corrected chi connectivity index (χ1v) is 7.26. The van der Waals surface area contributed by atoms with Crippen molar-refractivity contribution in [3.8, 4) is 0 Å². The maximum atomic E-state index is 12.3. The summed E-state index contributed by atoms with van der Waals surface area (Å²) in [7, 11) is 0. The van der Waals surface area contributed by atoms with Gasteiger partial charge in [-0.05, 0) is 30.9 Å². The predicted octanol–water partition coefficient (Wildman–Crippen LogP) is 3.08. The van der Waals surface area contributed by atoms with Crippen molar-refractivity contribution in [1.82, 2.24) is 5.32 Å². The molecule has 1 amide bonds. The first kappa shape index (κ1) is 14.6. The van der Waals surface area contributed by atoms with Gasteiger partial charge in [-0.2, -0.15) is 0 Å².